The molecule has 3 heterocycles. The van der Waals surface area contributed by atoms with Crippen LogP contribution in [0.25, 0.3) is 38.8 Å². The lowest BCUT2D eigenvalue weighted by molar-refractivity contribution is 0.483. The number of fused-ring (bicyclic) bond motifs is 4. The molecule has 386 valence electrons. The average molecular weight is 1020 g/mol. The van der Waals surface area contributed by atoms with Crippen LogP contribution in [0.4, 0.5) is 22.7 Å². The summed E-state index contributed by atoms with van der Waals surface area (Å²) in [5.41, 5.74) is 16.9. The Bertz CT molecular complexity index is 3980. The number of pyridine rings is 1. The molecule has 0 aliphatic carbocycles. The van der Waals surface area contributed by atoms with Crippen LogP contribution in [0.3, 0.4) is 0 Å². The highest BCUT2D eigenvalue weighted by Gasteiger charge is 2.39. The van der Waals surface area contributed by atoms with Crippen molar-refractivity contribution >= 4 is 44.6 Å². The van der Waals surface area contributed by atoms with Gasteiger partial charge in [0, 0.05) is 56.7 Å². The molecule has 0 N–H and O–H groups in total. The number of hydrogen-bond acceptors (Lipinski definition) is 4. The first-order valence-corrected chi connectivity index (χ1v) is 27.5. The minimum absolute atomic E-state index is 0.0886. The molecule has 0 radical (unpaired) electrons. The Balaban J connectivity index is 0.994. The molecule has 78 heavy (non-hydrogen) atoms. The van der Waals surface area contributed by atoms with E-state index in [0.29, 0.717) is 6.67 Å². The zero-order valence-electron chi connectivity index (χ0n) is 46.4. The first-order chi connectivity index (χ1) is 37.6. The smallest absolute Gasteiger partial charge is 0.137 e. The van der Waals surface area contributed by atoms with Crippen LogP contribution in [0.2, 0.25) is 0 Å². The molecule has 9 aromatic carbocycles. The van der Waals surface area contributed by atoms with Crippen molar-refractivity contribution in [3.8, 4) is 28.4 Å². The van der Waals surface area contributed by atoms with Gasteiger partial charge in [0.05, 0.1) is 22.4 Å². The number of aromatic nitrogens is 2. The molecule has 12 rings (SSSR count). The summed E-state index contributed by atoms with van der Waals surface area (Å²) in [6, 6.07) is 83.8. The SMILES string of the molecule is CC(C)(C)c1cc(-c2ccccc2)cc(N2CN(c3cccc(Oc4ccc5c6ccccc6n(-c6cc(C(C)(C)c7ccccc7)ccn6)c5c4)c3)c3cc(C(C)(C)c4ccccc4)c(C(C)(C)c4ccccc4)cc32)c1. The lowest BCUT2D eigenvalue weighted by Gasteiger charge is -2.36. The van der Waals surface area contributed by atoms with E-state index in [9.17, 15) is 0 Å². The number of rotatable bonds is 12. The van der Waals surface area contributed by atoms with E-state index in [2.05, 4.69) is 307 Å². The van der Waals surface area contributed by atoms with Crippen molar-refractivity contribution in [3.05, 3.63) is 276 Å². The molecule has 0 bridgehead atoms. The van der Waals surface area contributed by atoms with Crippen molar-refractivity contribution in [1.82, 2.24) is 9.55 Å². The Morgan fingerprint density at radius 2 is 0.910 bits per heavy atom. The highest BCUT2D eigenvalue weighted by atomic mass is 16.5. The lowest BCUT2D eigenvalue weighted by Crippen LogP contribution is -2.28. The van der Waals surface area contributed by atoms with Crippen LogP contribution >= 0.6 is 0 Å². The number of para-hydroxylation sites is 1. The number of anilines is 4. The van der Waals surface area contributed by atoms with Crippen LogP contribution in [0.15, 0.2) is 237 Å². The van der Waals surface area contributed by atoms with Gasteiger partial charge < -0.3 is 14.5 Å². The Labute approximate surface area is 461 Å². The average Bonchev–Trinajstić information content (AvgIpc) is 4.21. The highest BCUT2D eigenvalue weighted by molar-refractivity contribution is 6.09. The van der Waals surface area contributed by atoms with E-state index in [0.717, 1.165) is 50.8 Å². The van der Waals surface area contributed by atoms with E-state index >= 15 is 0 Å². The molecular weight excluding hydrogens is 949 g/mol. The largest absolute Gasteiger partial charge is 0.457 e. The van der Waals surface area contributed by atoms with E-state index in [1.54, 1.807) is 0 Å². The molecule has 0 saturated carbocycles. The van der Waals surface area contributed by atoms with Crippen LogP contribution in [0.1, 0.15) is 101 Å². The molecule has 11 aromatic rings. The molecule has 1 aliphatic rings. The Morgan fingerprint density at radius 1 is 0.372 bits per heavy atom. The molecule has 1 aliphatic heterocycles. The summed E-state index contributed by atoms with van der Waals surface area (Å²) in [4.78, 5) is 10.0. The maximum absolute atomic E-state index is 7.00. The molecule has 0 saturated heterocycles. The molecule has 2 aromatic heterocycles. The van der Waals surface area contributed by atoms with Gasteiger partial charge in [-0.25, -0.2) is 4.98 Å². The van der Waals surface area contributed by atoms with E-state index in [1.165, 1.54) is 61.1 Å². The number of nitrogens with zero attached hydrogens (tertiary/aromatic N) is 4. The minimum Gasteiger partial charge on any atom is -0.457 e. The zero-order valence-corrected chi connectivity index (χ0v) is 46.4. The van der Waals surface area contributed by atoms with Gasteiger partial charge in [-0.3, -0.25) is 4.57 Å². The monoisotopic (exact) mass is 1020 g/mol. The van der Waals surface area contributed by atoms with Gasteiger partial charge in [-0.2, -0.15) is 0 Å². The third kappa shape index (κ3) is 9.01. The maximum Gasteiger partial charge on any atom is 0.137 e. The van der Waals surface area contributed by atoms with Crippen molar-refractivity contribution in [2.24, 2.45) is 0 Å². The summed E-state index contributed by atoms with van der Waals surface area (Å²) in [7, 11) is 0. The first kappa shape index (κ1) is 50.2. The van der Waals surface area contributed by atoms with Crippen molar-refractivity contribution in [3.63, 3.8) is 0 Å². The van der Waals surface area contributed by atoms with E-state index in [4.69, 9.17) is 9.72 Å². The summed E-state index contributed by atoms with van der Waals surface area (Å²) >= 11 is 0. The molecule has 5 heteroatoms. The third-order valence-electron chi connectivity index (χ3n) is 16.7. The zero-order chi connectivity index (χ0) is 54.0. The van der Waals surface area contributed by atoms with Gasteiger partial charge in [-0.15, -0.1) is 0 Å². The van der Waals surface area contributed by atoms with Gasteiger partial charge in [0.1, 0.15) is 24.0 Å². The molecule has 0 spiro atoms. The second-order valence-corrected chi connectivity index (χ2v) is 23.8. The minimum atomic E-state index is -0.343. The fraction of sp³-hybridized carbons (Fsp3) is 0.192. The lowest BCUT2D eigenvalue weighted by atomic mass is 9.68. The predicted octanol–water partition coefficient (Wildman–Crippen LogP) is 19.2. The van der Waals surface area contributed by atoms with Gasteiger partial charge in [0.15, 0.2) is 0 Å². The third-order valence-corrected chi connectivity index (χ3v) is 16.7. The van der Waals surface area contributed by atoms with Crippen molar-refractivity contribution in [1.29, 1.82) is 0 Å². The van der Waals surface area contributed by atoms with Crippen LogP contribution in [0.5, 0.6) is 11.5 Å². The molecule has 5 nitrogen and oxygen atoms in total. The molecule has 0 fully saturated rings. The summed E-state index contributed by atoms with van der Waals surface area (Å²) in [6.45, 7) is 21.6. The van der Waals surface area contributed by atoms with Crippen LogP contribution in [-0.2, 0) is 21.7 Å². The maximum atomic E-state index is 7.00. The second kappa shape index (κ2) is 19.4. The fourth-order valence-corrected chi connectivity index (χ4v) is 11.9. The normalized spacial score (nSPS) is 13.1. The van der Waals surface area contributed by atoms with Crippen molar-refractivity contribution < 1.29 is 4.74 Å². The molecular formula is C73H68N4O. The number of ether oxygens (including phenoxy) is 1. The first-order valence-electron chi connectivity index (χ1n) is 27.5. The number of benzene rings is 9. The summed E-state index contributed by atoms with van der Waals surface area (Å²) in [5, 5.41) is 2.31. The summed E-state index contributed by atoms with van der Waals surface area (Å²) in [5.74, 6) is 2.38. The Kier molecular flexibility index (Phi) is 12.5. The quantitative estimate of drug-likeness (QED) is 0.122. The summed E-state index contributed by atoms with van der Waals surface area (Å²) < 4.78 is 9.29. The van der Waals surface area contributed by atoms with Gasteiger partial charge >= 0.3 is 0 Å². The van der Waals surface area contributed by atoms with Crippen molar-refractivity contribution in [2.75, 3.05) is 16.5 Å². The van der Waals surface area contributed by atoms with E-state index in [1.807, 2.05) is 6.20 Å². The van der Waals surface area contributed by atoms with E-state index < -0.39 is 0 Å². The summed E-state index contributed by atoms with van der Waals surface area (Å²) in [6.07, 6.45) is 1.94. The standard InChI is InChI=1S/C73H68N4O/c1-70(2,3)56-41-51(50-25-14-10-15-26-50)42-58(43-56)76-49-75(67-47-63(72(6,7)53-29-18-12-19-30-53)64(48-68(67)76)73(8,9)54-31-20-13-21-32-54)57-33-24-34-59(45-57)78-60-37-38-62-61-35-22-23-36-65(61)77(66(62)46-60)69-44-55(39-40-74-69)71(4,5)52-27-16-11-17-28-52/h10-48H,49H2,1-9H3. The molecule has 0 amide bonds. The van der Waals surface area contributed by atoms with Gasteiger partial charge in [0.2, 0.25) is 0 Å². The van der Waals surface area contributed by atoms with Gasteiger partial charge in [0.25, 0.3) is 0 Å². The van der Waals surface area contributed by atoms with Crippen LogP contribution in [-0.4, -0.2) is 16.2 Å². The van der Waals surface area contributed by atoms with Crippen molar-refractivity contribution in [2.45, 2.75) is 84.0 Å². The molecule has 0 unspecified atom stereocenters. The Hall–Kier alpha value is -8.67. The van der Waals surface area contributed by atoms with E-state index in [-0.39, 0.29) is 21.7 Å². The topological polar surface area (TPSA) is 33.5 Å². The van der Waals surface area contributed by atoms with Gasteiger partial charge in [-0.1, -0.05) is 214 Å². The molecule has 0 atom stereocenters. The fourth-order valence-electron chi connectivity index (χ4n) is 11.9. The van der Waals surface area contributed by atoms with Crippen LogP contribution in [0, 0.1) is 0 Å². The van der Waals surface area contributed by atoms with Crippen LogP contribution < -0.4 is 14.5 Å². The van der Waals surface area contributed by atoms with Gasteiger partial charge in [-0.05, 0) is 122 Å². The highest BCUT2D eigenvalue weighted by Crippen LogP contribution is 2.52. The Morgan fingerprint density at radius 3 is 1.53 bits per heavy atom. The second-order valence-electron chi connectivity index (χ2n) is 23.8. The number of hydrogen-bond donors (Lipinski definition) is 0. The predicted molar refractivity (Wildman–Crippen MR) is 327 cm³/mol.